The molecule has 0 spiro atoms. The van der Waals surface area contributed by atoms with E-state index in [0.29, 0.717) is 5.56 Å². The fourth-order valence-electron chi connectivity index (χ4n) is 1.69. The van der Waals surface area contributed by atoms with Crippen LogP contribution in [0.3, 0.4) is 0 Å². The minimum Gasteiger partial charge on any atom is -0.370 e. The number of amides is 1. The first-order valence-corrected chi connectivity index (χ1v) is 7.54. The number of pyridine rings is 1. The number of halogens is 1. The van der Waals surface area contributed by atoms with Crippen LogP contribution in [0.25, 0.3) is 0 Å². The number of hydrogen-bond acceptors (Lipinski definition) is 3. The molecule has 20 heavy (non-hydrogen) atoms. The average Bonchev–Trinajstić information content (AvgIpc) is 2.45. The summed E-state index contributed by atoms with van der Waals surface area (Å²) in [5.74, 6) is 0.594. The maximum Gasteiger partial charge on any atom is 0.255 e. The summed E-state index contributed by atoms with van der Waals surface area (Å²) >= 11 is 2.22. The summed E-state index contributed by atoms with van der Waals surface area (Å²) in [6.45, 7) is 2.93. The van der Waals surface area contributed by atoms with Crippen LogP contribution in [0.5, 0.6) is 0 Å². The summed E-state index contributed by atoms with van der Waals surface area (Å²) in [6, 6.07) is 11.2. The van der Waals surface area contributed by atoms with Crippen LogP contribution in [0.15, 0.2) is 42.6 Å². The lowest BCUT2D eigenvalue weighted by atomic mass is 10.2. The predicted molar refractivity (Wildman–Crippen MR) is 90.1 cm³/mol. The Labute approximate surface area is 132 Å². The normalized spacial score (nSPS) is 10.1. The molecule has 1 amide bonds. The number of aromatic nitrogens is 1. The van der Waals surface area contributed by atoms with Crippen molar-refractivity contribution in [3.63, 3.8) is 0 Å². The monoisotopic (exact) mass is 381 g/mol. The van der Waals surface area contributed by atoms with Crippen LogP contribution in [0, 0.1) is 3.57 Å². The van der Waals surface area contributed by atoms with Crippen molar-refractivity contribution in [3.05, 3.63) is 51.7 Å². The van der Waals surface area contributed by atoms with E-state index in [1.54, 1.807) is 18.3 Å². The van der Waals surface area contributed by atoms with Gasteiger partial charge in [-0.15, -0.1) is 0 Å². The average molecular weight is 381 g/mol. The highest BCUT2D eigenvalue weighted by Crippen LogP contribution is 2.14. The summed E-state index contributed by atoms with van der Waals surface area (Å²) < 4.78 is 1.08. The molecule has 0 saturated carbocycles. The Kier molecular flexibility index (Phi) is 5.34. The van der Waals surface area contributed by atoms with E-state index in [-0.39, 0.29) is 5.91 Å². The molecule has 0 fully saturated rings. The van der Waals surface area contributed by atoms with Crippen LogP contribution >= 0.6 is 22.6 Å². The largest absolute Gasteiger partial charge is 0.370 e. The van der Waals surface area contributed by atoms with Crippen molar-refractivity contribution in [2.24, 2.45) is 0 Å². The van der Waals surface area contributed by atoms with Gasteiger partial charge < -0.3 is 10.6 Å². The van der Waals surface area contributed by atoms with Gasteiger partial charge in [-0.2, -0.15) is 0 Å². The molecule has 0 radical (unpaired) electrons. The van der Waals surface area contributed by atoms with Crippen molar-refractivity contribution >= 4 is 40.0 Å². The molecule has 2 N–H and O–H groups in total. The highest BCUT2D eigenvalue weighted by molar-refractivity contribution is 14.1. The third kappa shape index (κ3) is 4.19. The fraction of sp³-hybridized carbons (Fsp3) is 0.200. The number of nitrogens with one attached hydrogen (secondary N) is 2. The van der Waals surface area contributed by atoms with E-state index in [0.717, 1.165) is 28.0 Å². The van der Waals surface area contributed by atoms with Crippen molar-refractivity contribution in [2.45, 2.75) is 13.3 Å². The molecule has 4 nitrogen and oxygen atoms in total. The van der Waals surface area contributed by atoms with Crippen molar-refractivity contribution in [2.75, 3.05) is 17.2 Å². The van der Waals surface area contributed by atoms with E-state index >= 15 is 0 Å². The predicted octanol–water partition coefficient (Wildman–Crippen LogP) is 3.76. The van der Waals surface area contributed by atoms with Gasteiger partial charge in [0.25, 0.3) is 5.91 Å². The Bertz CT molecular complexity index is 601. The number of anilines is 2. The first kappa shape index (κ1) is 14.8. The molecule has 2 rings (SSSR count). The number of rotatable bonds is 5. The minimum atomic E-state index is -0.131. The summed E-state index contributed by atoms with van der Waals surface area (Å²) in [7, 11) is 0. The Morgan fingerprint density at radius 2 is 2.15 bits per heavy atom. The van der Waals surface area contributed by atoms with Crippen LogP contribution < -0.4 is 10.6 Å². The van der Waals surface area contributed by atoms with Crippen LogP contribution in [0.1, 0.15) is 23.7 Å². The number of benzene rings is 1. The van der Waals surface area contributed by atoms with Crippen molar-refractivity contribution in [1.82, 2.24) is 4.98 Å². The lowest BCUT2D eigenvalue weighted by Crippen LogP contribution is -2.13. The van der Waals surface area contributed by atoms with Gasteiger partial charge in [0.15, 0.2) is 0 Å². The maximum absolute atomic E-state index is 12.2. The van der Waals surface area contributed by atoms with Crippen molar-refractivity contribution in [1.29, 1.82) is 0 Å². The fourth-order valence-corrected chi connectivity index (χ4v) is 2.23. The highest BCUT2D eigenvalue weighted by atomic mass is 127. The Morgan fingerprint density at radius 1 is 1.30 bits per heavy atom. The van der Waals surface area contributed by atoms with E-state index in [1.807, 2.05) is 24.3 Å². The number of carbonyl (C=O) groups excluding carboxylic acids is 1. The smallest absolute Gasteiger partial charge is 0.255 e. The molecule has 1 aromatic heterocycles. The Balaban J connectivity index is 2.09. The maximum atomic E-state index is 12.2. The third-order valence-electron chi connectivity index (χ3n) is 2.66. The molecular formula is C15H16IN3O. The molecule has 5 heteroatoms. The minimum absolute atomic E-state index is 0.131. The van der Waals surface area contributed by atoms with Crippen molar-refractivity contribution in [3.8, 4) is 0 Å². The molecule has 0 unspecified atom stereocenters. The SMILES string of the molecule is CCCNc1cc(C(=O)Nc2cccc(I)c2)ccn1. The van der Waals surface area contributed by atoms with Gasteiger partial charge in [0, 0.05) is 27.6 Å². The van der Waals surface area contributed by atoms with Gasteiger partial charge >= 0.3 is 0 Å². The van der Waals surface area contributed by atoms with Crippen LogP contribution in [0.2, 0.25) is 0 Å². The van der Waals surface area contributed by atoms with E-state index in [9.17, 15) is 4.79 Å². The zero-order chi connectivity index (χ0) is 14.4. The summed E-state index contributed by atoms with van der Waals surface area (Å²) in [6.07, 6.45) is 2.65. The quantitative estimate of drug-likeness (QED) is 0.776. The Morgan fingerprint density at radius 3 is 2.90 bits per heavy atom. The second kappa shape index (κ2) is 7.23. The van der Waals surface area contributed by atoms with Gasteiger partial charge in [-0.05, 0) is 59.3 Å². The van der Waals surface area contributed by atoms with Gasteiger partial charge in [0.1, 0.15) is 5.82 Å². The second-order valence-corrected chi connectivity index (χ2v) is 5.57. The topological polar surface area (TPSA) is 54.0 Å². The molecular weight excluding hydrogens is 365 g/mol. The first-order chi connectivity index (χ1) is 9.69. The Hall–Kier alpha value is -1.63. The van der Waals surface area contributed by atoms with Gasteiger partial charge in [0.05, 0.1) is 0 Å². The van der Waals surface area contributed by atoms with Gasteiger partial charge in [-0.3, -0.25) is 4.79 Å². The highest BCUT2D eigenvalue weighted by Gasteiger charge is 2.07. The summed E-state index contributed by atoms with van der Waals surface area (Å²) in [5.41, 5.74) is 1.39. The summed E-state index contributed by atoms with van der Waals surface area (Å²) in [5, 5.41) is 6.05. The van der Waals surface area contributed by atoms with Gasteiger partial charge in [-0.1, -0.05) is 13.0 Å². The lowest BCUT2D eigenvalue weighted by Gasteiger charge is -2.08. The lowest BCUT2D eigenvalue weighted by molar-refractivity contribution is 0.102. The number of nitrogens with zero attached hydrogens (tertiary/aromatic N) is 1. The van der Waals surface area contributed by atoms with Gasteiger partial charge in [0.2, 0.25) is 0 Å². The zero-order valence-corrected chi connectivity index (χ0v) is 13.3. The molecule has 0 saturated heterocycles. The molecule has 0 aliphatic carbocycles. The molecule has 0 aliphatic rings. The molecule has 1 heterocycles. The van der Waals surface area contributed by atoms with Crippen molar-refractivity contribution < 1.29 is 4.79 Å². The molecule has 1 aromatic carbocycles. The number of hydrogen-bond donors (Lipinski definition) is 2. The van der Waals surface area contributed by atoms with E-state index in [1.165, 1.54) is 0 Å². The zero-order valence-electron chi connectivity index (χ0n) is 11.2. The molecule has 0 atom stereocenters. The summed E-state index contributed by atoms with van der Waals surface area (Å²) in [4.78, 5) is 16.4. The van der Waals surface area contributed by atoms with E-state index in [4.69, 9.17) is 0 Å². The first-order valence-electron chi connectivity index (χ1n) is 6.46. The number of carbonyl (C=O) groups is 1. The van der Waals surface area contributed by atoms with E-state index in [2.05, 4.69) is 45.1 Å². The van der Waals surface area contributed by atoms with Crippen LogP contribution in [-0.2, 0) is 0 Å². The van der Waals surface area contributed by atoms with E-state index < -0.39 is 0 Å². The standard InChI is InChI=1S/C15H16IN3O/c1-2-7-17-14-9-11(6-8-18-14)15(20)19-13-5-3-4-12(16)10-13/h3-6,8-10H,2,7H2,1H3,(H,17,18)(H,19,20). The molecule has 2 aromatic rings. The second-order valence-electron chi connectivity index (χ2n) is 4.32. The van der Waals surface area contributed by atoms with Gasteiger partial charge in [-0.25, -0.2) is 4.98 Å². The molecule has 0 bridgehead atoms. The molecule has 0 aliphatic heterocycles. The van der Waals surface area contributed by atoms with Crippen LogP contribution in [0.4, 0.5) is 11.5 Å². The molecule has 104 valence electrons. The van der Waals surface area contributed by atoms with Crippen LogP contribution in [-0.4, -0.2) is 17.4 Å². The third-order valence-corrected chi connectivity index (χ3v) is 3.33.